The number of aromatic nitrogens is 2. The van der Waals surface area contributed by atoms with E-state index in [4.69, 9.17) is 0 Å². The van der Waals surface area contributed by atoms with Crippen molar-refractivity contribution in [3.63, 3.8) is 0 Å². The second kappa shape index (κ2) is 10.2. The van der Waals surface area contributed by atoms with Gasteiger partial charge in [-0.1, -0.05) is 31.2 Å². The first-order valence-corrected chi connectivity index (χ1v) is 11.1. The van der Waals surface area contributed by atoms with Gasteiger partial charge in [0.25, 0.3) is 0 Å². The summed E-state index contributed by atoms with van der Waals surface area (Å²) >= 11 is 0. The number of rotatable bonds is 9. The lowest BCUT2D eigenvalue weighted by Crippen LogP contribution is -2.39. The van der Waals surface area contributed by atoms with Gasteiger partial charge in [-0.3, -0.25) is 9.58 Å². The van der Waals surface area contributed by atoms with Crippen molar-refractivity contribution in [2.24, 2.45) is 5.92 Å². The Morgan fingerprint density at radius 2 is 1.93 bits per heavy atom. The van der Waals surface area contributed by atoms with E-state index in [1.54, 1.807) is 0 Å². The fourth-order valence-electron chi connectivity index (χ4n) is 4.23. The van der Waals surface area contributed by atoms with Gasteiger partial charge in [-0.25, -0.2) is 0 Å². The van der Waals surface area contributed by atoms with Crippen molar-refractivity contribution in [3.8, 4) is 0 Å². The molecule has 0 saturated carbocycles. The van der Waals surface area contributed by atoms with E-state index in [1.165, 1.54) is 62.1 Å². The highest BCUT2D eigenvalue weighted by Crippen LogP contribution is 2.20. The number of nitrogens with zero attached hydrogens (tertiary/aromatic N) is 4. The van der Waals surface area contributed by atoms with Crippen molar-refractivity contribution in [1.29, 1.82) is 0 Å². The Balaban J connectivity index is 1.41. The second-order valence-electron chi connectivity index (χ2n) is 8.71. The largest absolute Gasteiger partial charge is 0.303 e. The van der Waals surface area contributed by atoms with Crippen molar-refractivity contribution < 1.29 is 0 Å². The predicted octanol–water partition coefficient (Wildman–Crippen LogP) is 4.55. The highest BCUT2D eigenvalue weighted by molar-refractivity contribution is 5.25. The molecule has 154 valence electrons. The zero-order valence-electron chi connectivity index (χ0n) is 18.3. The lowest BCUT2D eigenvalue weighted by molar-refractivity contribution is 0.143. The maximum Gasteiger partial charge on any atom is 0.0534 e. The van der Waals surface area contributed by atoms with Crippen LogP contribution in [0.4, 0.5) is 0 Å². The summed E-state index contributed by atoms with van der Waals surface area (Å²) in [5.41, 5.74) is 4.27. The van der Waals surface area contributed by atoms with E-state index in [0.29, 0.717) is 6.04 Å². The lowest BCUT2D eigenvalue weighted by atomic mass is 9.95. The van der Waals surface area contributed by atoms with Crippen molar-refractivity contribution in [1.82, 2.24) is 19.6 Å². The molecule has 1 aromatic heterocycles. The summed E-state index contributed by atoms with van der Waals surface area (Å²) in [5, 5.41) is 4.49. The molecule has 0 amide bonds. The summed E-state index contributed by atoms with van der Waals surface area (Å²) in [6, 6.07) is 9.25. The normalized spacial score (nSPS) is 16.4. The van der Waals surface area contributed by atoms with E-state index in [1.807, 2.05) is 6.20 Å². The number of hydrogen-bond acceptors (Lipinski definition) is 3. The Hall–Kier alpha value is -1.65. The Labute approximate surface area is 171 Å². The van der Waals surface area contributed by atoms with E-state index >= 15 is 0 Å². The lowest BCUT2D eigenvalue weighted by Gasteiger charge is -2.34. The molecule has 2 heterocycles. The minimum absolute atomic E-state index is 0.438. The quantitative estimate of drug-likeness (QED) is 0.636. The molecular weight excluding hydrogens is 344 g/mol. The van der Waals surface area contributed by atoms with Gasteiger partial charge in [0.2, 0.25) is 0 Å². The van der Waals surface area contributed by atoms with Gasteiger partial charge in [-0.2, -0.15) is 5.10 Å². The zero-order valence-corrected chi connectivity index (χ0v) is 18.3. The zero-order chi connectivity index (χ0) is 19.9. The van der Waals surface area contributed by atoms with Crippen LogP contribution < -0.4 is 0 Å². The fourth-order valence-corrected chi connectivity index (χ4v) is 4.23. The van der Waals surface area contributed by atoms with Crippen LogP contribution in [0.15, 0.2) is 36.7 Å². The Morgan fingerprint density at radius 1 is 1.18 bits per heavy atom. The SMILES string of the molecule is CCN(Cc1cnn(C(C)C)c1)CC1CCN(CCc2ccccc2C)CC1. The summed E-state index contributed by atoms with van der Waals surface area (Å²) in [4.78, 5) is 5.25. The van der Waals surface area contributed by atoms with Gasteiger partial charge >= 0.3 is 0 Å². The molecule has 2 aromatic rings. The Kier molecular flexibility index (Phi) is 7.69. The molecule has 0 radical (unpaired) electrons. The average molecular weight is 383 g/mol. The molecule has 0 bridgehead atoms. The standard InChI is InChI=1S/C24H38N4/c1-5-26(18-23-16-25-28(19-23)20(2)3)17-22-10-13-27(14-11-22)15-12-24-9-7-6-8-21(24)4/h6-9,16,19-20,22H,5,10-15,17-18H2,1-4H3. The third-order valence-corrected chi connectivity index (χ3v) is 6.22. The molecule has 1 aliphatic heterocycles. The van der Waals surface area contributed by atoms with E-state index < -0.39 is 0 Å². The molecule has 1 aromatic carbocycles. The first-order valence-electron chi connectivity index (χ1n) is 11.1. The van der Waals surface area contributed by atoms with Gasteiger partial charge < -0.3 is 4.90 Å². The molecule has 1 saturated heterocycles. The molecule has 0 unspecified atom stereocenters. The van der Waals surface area contributed by atoms with E-state index in [2.05, 4.69) is 77.7 Å². The van der Waals surface area contributed by atoms with Gasteiger partial charge in [0.1, 0.15) is 0 Å². The van der Waals surface area contributed by atoms with Crippen molar-refractivity contribution in [2.45, 2.75) is 59.5 Å². The number of piperidine rings is 1. The second-order valence-corrected chi connectivity index (χ2v) is 8.71. The first kappa shape index (κ1) is 21.1. The molecule has 0 aliphatic carbocycles. The van der Waals surface area contributed by atoms with Crippen LogP contribution in [0.3, 0.4) is 0 Å². The summed E-state index contributed by atoms with van der Waals surface area (Å²) in [5.74, 6) is 0.829. The Bertz CT molecular complexity index is 713. The van der Waals surface area contributed by atoms with Gasteiger partial charge in [-0.05, 0) is 76.7 Å². The van der Waals surface area contributed by atoms with Crippen LogP contribution >= 0.6 is 0 Å². The van der Waals surface area contributed by atoms with Crippen LogP contribution in [0, 0.1) is 12.8 Å². The molecule has 1 fully saturated rings. The van der Waals surface area contributed by atoms with Crippen molar-refractivity contribution in [3.05, 3.63) is 53.3 Å². The molecule has 4 heteroatoms. The van der Waals surface area contributed by atoms with E-state index in [0.717, 1.165) is 19.0 Å². The van der Waals surface area contributed by atoms with E-state index in [-0.39, 0.29) is 0 Å². The van der Waals surface area contributed by atoms with Crippen LogP contribution in [0.5, 0.6) is 0 Å². The highest BCUT2D eigenvalue weighted by atomic mass is 15.3. The van der Waals surface area contributed by atoms with Crippen LogP contribution in [-0.2, 0) is 13.0 Å². The maximum atomic E-state index is 4.49. The number of likely N-dealkylation sites (tertiary alicyclic amines) is 1. The van der Waals surface area contributed by atoms with Gasteiger partial charge in [0.15, 0.2) is 0 Å². The topological polar surface area (TPSA) is 24.3 Å². The van der Waals surface area contributed by atoms with Gasteiger partial charge in [0.05, 0.1) is 6.20 Å². The molecular formula is C24H38N4. The predicted molar refractivity (Wildman–Crippen MR) is 118 cm³/mol. The smallest absolute Gasteiger partial charge is 0.0534 e. The van der Waals surface area contributed by atoms with Crippen LogP contribution in [0.2, 0.25) is 0 Å². The summed E-state index contributed by atoms with van der Waals surface area (Å²) in [6.07, 6.45) is 8.08. The molecule has 28 heavy (non-hydrogen) atoms. The van der Waals surface area contributed by atoms with Crippen molar-refractivity contribution in [2.75, 3.05) is 32.7 Å². The van der Waals surface area contributed by atoms with Crippen molar-refractivity contribution >= 4 is 0 Å². The highest BCUT2D eigenvalue weighted by Gasteiger charge is 2.21. The maximum absolute atomic E-state index is 4.49. The summed E-state index contributed by atoms with van der Waals surface area (Å²) in [6.45, 7) is 15.9. The summed E-state index contributed by atoms with van der Waals surface area (Å²) < 4.78 is 2.07. The number of hydrogen-bond donors (Lipinski definition) is 0. The minimum Gasteiger partial charge on any atom is -0.303 e. The van der Waals surface area contributed by atoms with E-state index in [9.17, 15) is 0 Å². The minimum atomic E-state index is 0.438. The summed E-state index contributed by atoms with van der Waals surface area (Å²) in [7, 11) is 0. The molecule has 0 spiro atoms. The number of aryl methyl sites for hydroxylation is 1. The fraction of sp³-hybridized carbons (Fsp3) is 0.625. The van der Waals surface area contributed by atoms with Gasteiger partial charge in [0, 0.05) is 37.4 Å². The number of benzene rings is 1. The molecule has 1 aliphatic rings. The third kappa shape index (κ3) is 5.92. The van der Waals surface area contributed by atoms with Crippen LogP contribution in [-0.4, -0.2) is 52.3 Å². The molecule has 4 nitrogen and oxygen atoms in total. The first-order chi connectivity index (χ1) is 13.5. The van der Waals surface area contributed by atoms with Gasteiger partial charge in [-0.15, -0.1) is 0 Å². The monoisotopic (exact) mass is 382 g/mol. The molecule has 0 atom stereocenters. The Morgan fingerprint density at radius 3 is 2.57 bits per heavy atom. The van der Waals surface area contributed by atoms with Crippen LogP contribution in [0.25, 0.3) is 0 Å². The molecule has 3 rings (SSSR count). The molecule has 0 N–H and O–H groups in total. The third-order valence-electron chi connectivity index (χ3n) is 6.22. The van der Waals surface area contributed by atoms with Crippen LogP contribution in [0.1, 0.15) is 56.3 Å². The average Bonchev–Trinajstić information content (AvgIpc) is 3.17.